The van der Waals surface area contributed by atoms with E-state index in [2.05, 4.69) is 61.7 Å². The van der Waals surface area contributed by atoms with Crippen molar-refractivity contribution in [1.82, 2.24) is 9.78 Å². The van der Waals surface area contributed by atoms with Crippen LogP contribution in [0.2, 0.25) is 0 Å². The minimum absolute atomic E-state index is 0.0575. The number of benzene rings is 1. The average Bonchev–Trinajstić information content (AvgIpc) is 2.73. The molecule has 2 aromatic rings. The summed E-state index contributed by atoms with van der Waals surface area (Å²) in [6.45, 7) is 11.5. The van der Waals surface area contributed by atoms with Crippen molar-refractivity contribution in [3.63, 3.8) is 0 Å². The lowest BCUT2D eigenvalue weighted by Gasteiger charge is -2.10. The summed E-state index contributed by atoms with van der Waals surface area (Å²) in [7, 11) is 0. The third kappa shape index (κ3) is 3.49. The van der Waals surface area contributed by atoms with Crippen molar-refractivity contribution in [2.24, 2.45) is 0 Å². The first-order valence-corrected chi connectivity index (χ1v) is 8.14. The minimum atomic E-state index is 0.0575. The third-order valence-corrected chi connectivity index (χ3v) is 4.61. The van der Waals surface area contributed by atoms with E-state index in [4.69, 9.17) is 11.6 Å². The van der Waals surface area contributed by atoms with Gasteiger partial charge in [0.15, 0.2) is 0 Å². The Labute approximate surface area is 133 Å². The van der Waals surface area contributed by atoms with Crippen LogP contribution < -0.4 is 0 Å². The van der Waals surface area contributed by atoms with Gasteiger partial charge >= 0.3 is 0 Å². The van der Waals surface area contributed by atoms with Crippen molar-refractivity contribution in [2.45, 2.75) is 58.9 Å². The third-order valence-electron chi connectivity index (χ3n) is 4.09. The van der Waals surface area contributed by atoms with Gasteiger partial charge < -0.3 is 0 Å². The van der Waals surface area contributed by atoms with Gasteiger partial charge in [-0.15, -0.1) is 11.6 Å². The van der Waals surface area contributed by atoms with E-state index in [1.807, 2.05) is 6.92 Å². The van der Waals surface area contributed by atoms with Crippen LogP contribution in [-0.2, 0) is 6.54 Å². The number of rotatable bonds is 5. The number of alkyl halides is 1. The van der Waals surface area contributed by atoms with Crippen molar-refractivity contribution in [2.75, 3.05) is 0 Å². The molecule has 1 aromatic heterocycles. The molecular weight excluding hydrogens is 280 g/mol. The molecule has 0 saturated carbocycles. The van der Waals surface area contributed by atoms with Gasteiger partial charge in [0.25, 0.3) is 0 Å². The average molecular weight is 305 g/mol. The first-order valence-electron chi connectivity index (χ1n) is 7.70. The van der Waals surface area contributed by atoms with Gasteiger partial charge in [0, 0.05) is 11.3 Å². The highest BCUT2D eigenvalue weighted by Crippen LogP contribution is 2.29. The lowest BCUT2D eigenvalue weighted by Crippen LogP contribution is -2.05. The van der Waals surface area contributed by atoms with Gasteiger partial charge in [0.2, 0.25) is 0 Å². The number of hydrogen-bond acceptors (Lipinski definition) is 1. The Bertz CT molecular complexity index is 596. The fourth-order valence-electron chi connectivity index (χ4n) is 2.70. The monoisotopic (exact) mass is 304 g/mol. The highest BCUT2D eigenvalue weighted by Gasteiger charge is 2.17. The zero-order valence-corrected chi connectivity index (χ0v) is 14.4. The van der Waals surface area contributed by atoms with Gasteiger partial charge in [-0.2, -0.15) is 5.10 Å². The van der Waals surface area contributed by atoms with E-state index in [0.29, 0.717) is 5.92 Å². The Hall–Kier alpha value is -1.28. The summed E-state index contributed by atoms with van der Waals surface area (Å²) >= 11 is 6.42. The van der Waals surface area contributed by atoms with Crippen LogP contribution >= 0.6 is 11.6 Å². The molecule has 1 unspecified atom stereocenters. The number of aromatic nitrogens is 2. The molecular formula is C18H25ClN2. The first-order chi connectivity index (χ1) is 9.93. The van der Waals surface area contributed by atoms with Crippen LogP contribution in [0.15, 0.2) is 24.3 Å². The molecule has 0 radical (unpaired) electrons. The standard InChI is InChI=1S/C18H25ClN2/c1-6-17(19)18-13(4)20-21(14(18)5)11-15-7-9-16(10-8-15)12(2)3/h7-10,12,17H,6,11H2,1-5H3. The van der Waals surface area contributed by atoms with E-state index in [0.717, 1.165) is 18.7 Å². The maximum atomic E-state index is 6.42. The fraction of sp³-hybridized carbons (Fsp3) is 0.500. The molecule has 0 N–H and O–H groups in total. The zero-order chi connectivity index (χ0) is 15.6. The fourth-order valence-corrected chi connectivity index (χ4v) is 3.02. The molecule has 0 bridgehead atoms. The molecule has 2 nitrogen and oxygen atoms in total. The summed E-state index contributed by atoms with van der Waals surface area (Å²) in [5, 5.41) is 4.72. The number of hydrogen-bond donors (Lipinski definition) is 0. The lowest BCUT2D eigenvalue weighted by molar-refractivity contribution is 0.657. The van der Waals surface area contributed by atoms with E-state index in [1.165, 1.54) is 22.4 Å². The van der Waals surface area contributed by atoms with Crippen LogP contribution in [0.25, 0.3) is 0 Å². The summed E-state index contributed by atoms with van der Waals surface area (Å²) in [5.74, 6) is 0.570. The van der Waals surface area contributed by atoms with Crippen molar-refractivity contribution in [3.8, 4) is 0 Å². The Kier molecular flexibility index (Phi) is 5.10. The van der Waals surface area contributed by atoms with Gasteiger partial charge in [-0.1, -0.05) is 45.0 Å². The zero-order valence-electron chi connectivity index (χ0n) is 13.7. The van der Waals surface area contributed by atoms with E-state index >= 15 is 0 Å². The van der Waals surface area contributed by atoms with E-state index < -0.39 is 0 Å². The molecule has 114 valence electrons. The van der Waals surface area contributed by atoms with Crippen molar-refractivity contribution >= 4 is 11.6 Å². The van der Waals surface area contributed by atoms with Gasteiger partial charge in [-0.25, -0.2) is 0 Å². The van der Waals surface area contributed by atoms with Crippen molar-refractivity contribution in [1.29, 1.82) is 0 Å². The molecule has 0 aliphatic carbocycles. The van der Waals surface area contributed by atoms with Crippen LogP contribution in [0.5, 0.6) is 0 Å². The molecule has 1 heterocycles. The molecule has 3 heteroatoms. The second kappa shape index (κ2) is 6.65. The summed E-state index contributed by atoms with van der Waals surface area (Å²) < 4.78 is 2.07. The van der Waals surface area contributed by atoms with E-state index in [-0.39, 0.29) is 5.38 Å². The van der Waals surface area contributed by atoms with Crippen LogP contribution in [0.4, 0.5) is 0 Å². The Morgan fingerprint density at radius 1 is 1.14 bits per heavy atom. The second-order valence-corrected chi connectivity index (χ2v) is 6.54. The molecule has 0 saturated heterocycles. The molecule has 0 fully saturated rings. The van der Waals surface area contributed by atoms with Crippen LogP contribution in [-0.4, -0.2) is 9.78 Å². The summed E-state index contributed by atoms with van der Waals surface area (Å²) in [4.78, 5) is 0. The highest BCUT2D eigenvalue weighted by molar-refractivity contribution is 6.20. The quantitative estimate of drug-likeness (QED) is 0.680. The van der Waals surface area contributed by atoms with Crippen molar-refractivity contribution < 1.29 is 0 Å². The second-order valence-electron chi connectivity index (χ2n) is 6.01. The summed E-state index contributed by atoms with van der Waals surface area (Å²) in [5.41, 5.74) is 6.08. The smallest absolute Gasteiger partial charge is 0.0662 e. The van der Waals surface area contributed by atoms with E-state index in [9.17, 15) is 0 Å². The summed E-state index contributed by atoms with van der Waals surface area (Å²) in [6.07, 6.45) is 0.929. The van der Waals surface area contributed by atoms with Gasteiger partial charge in [0.05, 0.1) is 17.6 Å². The maximum absolute atomic E-state index is 6.42. The van der Waals surface area contributed by atoms with E-state index in [1.54, 1.807) is 0 Å². The molecule has 1 atom stereocenters. The largest absolute Gasteiger partial charge is 0.265 e. The van der Waals surface area contributed by atoms with Gasteiger partial charge in [-0.05, 0) is 37.3 Å². The first kappa shape index (κ1) is 16.1. The molecule has 0 aliphatic rings. The van der Waals surface area contributed by atoms with Gasteiger partial charge in [0.1, 0.15) is 0 Å². The Balaban J connectivity index is 2.24. The molecule has 1 aromatic carbocycles. The predicted molar refractivity (Wildman–Crippen MR) is 90.2 cm³/mol. The normalized spacial score (nSPS) is 12.9. The highest BCUT2D eigenvalue weighted by atomic mass is 35.5. The maximum Gasteiger partial charge on any atom is 0.0662 e. The van der Waals surface area contributed by atoms with Crippen LogP contribution in [0.3, 0.4) is 0 Å². The van der Waals surface area contributed by atoms with Crippen LogP contribution in [0.1, 0.15) is 66.6 Å². The Morgan fingerprint density at radius 3 is 2.29 bits per heavy atom. The number of nitrogens with zero attached hydrogens (tertiary/aromatic N) is 2. The minimum Gasteiger partial charge on any atom is -0.265 e. The lowest BCUT2D eigenvalue weighted by atomic mass is 10.0. The Morgan fingerprint density at radius 2 is 1.76 bits per heavy atom. The SMILES string of the molecule is CCC(Cl)c1c(C)nn(Cc2ccc(C(C)C)cc2)c1C. The number of aryl methyl sites for hydroxylation is 1. The topological polar surface area (TPSA) is 17.8 Å². The molecule has 2 rings (SSSR count). The van der Waals surface area contributed by atoms with Crippen molar-refractivity contribution in [3.05, 3.63) is 52.3 Å². The number of halogens is 1. The molecule has 21 heavy (non-hydrogen) atoms. The molecule has 0 amide bonds. The molecule has 0 aliphatic heterocycles. The molecule has 0 spiro atoms. The van der Waals surface area contributed by atoms with Gasteiger partial charge in [-0.3, -0.25) is 4.68 Å². The predicted octanol–water partition coefficient (Wildman–Crippen LogP) is 5.36. The summed E-state index contributed by atoms with van der Waals surface area (Å²) in [6, 6.07) is 8.82. The van der Waals surface area contributed by atoms with Crippen LogP contribution in [0, 0.1) is 13.8 Å².